The summed E-state index contributed by atoms with van der Waals surface area (Å²) in [5.41, 5.74) is 5.12. The molecule has 1 atom stereocenters. The molecule has 0 bridgehead atoms. The van der Waals surface area contributed by atoms with Gasteiger partial charge in [-0.05, 0) is 43.7 Å². The summed E-state index contributed by atoms with van der Waals surface area (Å²) in [5.74, 6) is 0.607. The minimum Gasteiger partial charge on any atom is -0.467 e. The van der Waals surface area contributed by atoms with Crippen molar-refractivity contribution in [1.82, 2.24) is 5.32 Å². The van der Waals surface area contributed by atoms with Crippen LogP contribution < -0.4 is 11.1 Å². The molecule has 0 fully saturated rings. The molecule has 0 aromatic carbocycles. The lowest BCUT2D eigenvalue weighted by Gasteiger charge is -2.15. The average Bonchev–Trinajstić information content (AvgIpc) is 3.05. The Labute approximate surface area is 126 Å². The first kappa shape index (κ1) is 15.1. The van der Waals surface area contributed by atoms with Gasteiger partial charge in [0.25, 0.3) is 0 Å². The Morgan fingerprint density at radius 2 is 2.25 bits per heavy atom. The van der Waals surface area contributed by atoms with Crippen LogP contribution in [-0.4, -0.2) is 12.5 Å². The molecule has 6 heteroatoms. The Kier molecular flexibility index (Phi) is 5.64. The van der Waals surface area contributed by atoms with Gasteiger partial charge in [0.15, 0.2) is 0 Å². The number of nitrogens with one attached hydrogen (secondary N) is 1. The molecule has 0 aliphatic rings. The predicted octanol–water partition coefficient (Wildman–Crippen LogP) is 3.33. The molecule has 0 aliphatic carbocycles. The van der Waals surface area contributed by atoms with E-state index in [1.165, 1.54) is 11.3 Å². The fourth-order valence-electron chi connectivity index (χ4n) is 1.95. The number of primary amides is 1. The topological polar surface area (TPSA) is 68.3 Å². The van der Waals surface area contributed by atoms with E-state index in [0.29, 0.717) is 6.42 Å². The summed E-state index contributed by atoms with van der Waals surface area (Å²) in [6, 6.07) is 7.68. The number of carbonyl (C=O) groups excluding carboxylic acids is 1. The molecule has 108 valence electrons. The zero-order chi connectivity index (χ0) is 14.4. The van der Waals surface area contributed by atoms with Gasteiger partial charge in [-0.3, -0.25) is 4.79 Å². The van der Waals surface area contributed by atoms with Gasteiger partial charge in [-0.25, -0.2) is 0 Å². The zero-order valence-corrected chi connectivity index (χ0v) is 12.5. The molecule has 0 saturated carbocycles. The number of rotatable bonds is 8. The third kappa shape index (κ3) is 4.37. The van der Waals surface area contributed by atoms with Crippen molar-refractivity contribution in [3.8, 4) is 0 Å². The van der Waals surface area contributed by atoms with E-state index in [-0.39, 0.29) is 11.9 Å². The summed E-state index contributed by atoms with van der Waals surface area (Å²) in [6.07, 6.45) is 3.77. The fraction of sp³-hybridized carbons (Fsp3) is 0.357. The van der Waals surface area contributed by atoms with Crippen molar-refractivity contribution in [3.63, 3.8) is 0 Å². The molecular formula is C14H17ClN2O2S. The smallest absolute Gasteiger partial charge is 0.217 e. The molecule has 1 unspecified atom stereocenters. The summed E-state index contributed by atoms with van der Waals surface area (Å²) in [7, 11) is 0. The summed E-state index contributed by atoms with van der Waals surface area (Å²) < 4.78 is 6.24. The van der Waals surface area contributed by atoms with Gasteiger partial charge in [0.2, 0.25) is 5.91 Å². The highest BCUT2D eigenvalue weighted by Gasteiger charge is 2.18. The third-order valence-corrected chi connectivity index (χ3v) is 4.20. The van der Waals surface area contributed by atoms with Crippen LogP contribution in [0.5, 0.6) is 0 Å². The highest BCUT2D eigenvalue weighted by molar-refractivity contribution is 7.16. The van der Waals surface area contributed by atoms with Crippen LogP contribution in [0.25, 0.3) is 0 Å². The van der Waals surface area contributed by atoms with Crippen LogP contribution in [-0.2, 0) is 4.79 Å². The molecule has 1 amide bonds. The molecule has 2 aromatic heterocycles. The van der Waals surface area contributed by atoms with E-state index < -0.39 is 0 Å². The van der Waals surface area contributed by atoms with Crippen LogP contribution in [0.1, 0.15) is 35.9 Å². The first-order valence-corrected chi connectivity index (χ1v) is 7.66. The van der Waals surface area contributed by atoms with E-state index >= 15 is 0 Å². The molecule has 0 radical (unpaired) electrons. The average molecular weight is 313 g/mol. The summed E-state index contributed by atoms with van der Waals surface area (Å²) in [5, 5.41) is 3.43. The van der Waals surface area contributed by atoms with Crippen molar-refractivity contribution in [2.24, 2.45) is 5.73 Å². The lowest BCUT2D eigenvalue weighted by Crippen LogP contribution is -2.22. The predicted molar refractivity (Wildman–Crippen MR) is 80.9 cm³/mol. The van der Waals surface area contributed by atoms with Crippen LogP contribution in [0.4, 0.5) is 0 Å². The second kappa shape index (κ2) is 7.47. The van der Waals surface area contributed by atoms with Crippen molar-refractivity contribution in [2.75, 3.05) is 6.54 Å². The number of hydrogen-bond donors (Lipinski definition) is 2. The second-order valence-corrected chi connectivity index (χ2v) is 6.21. The number of furan rings is 1. The molecule has 0 aliphatic heterocycles. The van der Waals surface area contributed by atoms with Crippen molar-refractivity contribution in [2.45, 2.75) is 25.3 Å². The maximum atomic E-state index is 10.7. The van der Waals surface area contributed by atoms with Gasteiger partial charge in [0.05, 0.1) is 10.6 Å². The Balaban J connectivity index is 1.93. The first-order valence-electron chi connectivity index (χ1n) is 6.47. The van der Waals surface area contributed by atoms with Gasteiger partial charge in [-0.2, -0.15) is 0 Å². The molecule has 0 saturated heterocycles. The number of hydrogen-bond acceptors (Lipinski definition) is 4. The Morgan fingerprint density at radius 3 is 2.85 bits per heavy atom. The van der Waals surface area contributed by atoms with E-state index in [1.807, 2.05) is 24.3 Å². The van der Waals surface area contributed by atoms with Gasteiger partial charge in [-0.1, -0.05) is 11.6 Å². The molecule has 20 heavy (non-hydrogen) atoms. The van der Waals surface area contributed by atoms with E-state index in [1.54, 1.807) is 6.26 Å². The van der Waals surface area contributed by atoms with Gasteiger partial charge in [0, 0.05) is 11.3 Å². The SMILES string of the molecule is NC(=O)CCCCNC(c1ccco1)c1ccc(Cl)s1. The Morgan fingerprint density at radius 1 is 1.40 bits per heavy atom. The number of thiophene rings is 1. The Hall–Kier alpha value is -1.30. The second-order valence-electron chi connectivity index (χ2n) is 4.47. The molecule has 0 spiro atoms. The lowest BCUT2D eigenvalue weighted by atomic mass is 10.1. The van der Waals surface area contributed by atoms with Crippen LogP contribution in [0.2, 0.25) is 4.34 Å². The van der Waals surface area contributed by atoms with Gasteiger partial charge < -0.3 is 15.5 Å². The number of carbonyl (C=O) groups is 1. The van der Waals surface area contributed by atoms with E-state index in [0.717, 1.165) is 34.4 Å². The monoisotopic (exact) mass is 312 g/mol. The molecule has 2 rings (SSSR count). The van der Waals surface area contributed by atoms with Crippen molar-refractivity contribution in [1.29, 1.82) is 0 Å². The van der Waals surface area contributed by atoms with E-state index in [9.17, 15) is 4.79 Å². The molecular weight excluding hydrogens is 296 g/mol. The van der Waals surface area contributed by atoms with Crippen LogP contribution in [0, 0.1) is 0 Å². The minimum atomic E-state index is -0.252. The van der Waals surface area contributed by atoms with Crippen molar-refractivity contribution in [3.05, 3.63) is 45.5 Å². The van der Waals surface area contributed by atoms with Gasteiger partial charge >= 0.3 is 0 Å². The maximum Gasteiger partial charge on any atom is 0.217 e. The lowest BCUT2D eigenvalue weighted by molar-refractivity contribution is -0.118. The van der Waals surface area contributed by atoms with Crippen LogP contribution in [0.15, 0.2) is 34.9 Å². The van der Waals surface area contributed by atoms with Crippen LogP contribution >= 0.6 is 22.9 Å². The molecule has 2 heterocycles. The zero-order valence-electron chi connectivity index (χ0n) is 11.0. The van der Waals surface area contributed by atoms with E-state index in [2.05, 4.69) is 5.32 Å². The largest absolute Gasteiger partial charge is 0.467 e. The highest BCUT2D eigenvalue weighted by atomic mass is 35.5. The molecule has 3 N–H and O–H groups in total. The van der Waals surface area contributed by atoms with Gasteiger partial charge in [0.1, 0.15) is 11.8 Å². The number of nitrogens with two attached hydrogens (primary N) is 1. The molecule has 4 nitrogen and oxygen atoms in total. The van der Waals surface area contributed by atoms with Crippen molar-refractivity contribution < 1.29 is 9.21 Å². The highest BCUT2D eigenvalue weighted by Crippen LogP contribution is 2.31. The summed E-state index contributed by atoms with van der Waals surface area (Å²) in [6.45, 7) is 0.786. The first-order chi connectivity index (χ1) is 9.66. The summed E-state index contributed by atoms with van der Waals surface area (Å²) >= 11 is 7.52. The quantitative estimate of drug-likeness (QED) is 0.735. The fourth-order valence-corrected chi connectivity index (χ4v) is 3.10. The van der Waals surface area contributed by atoms with Gasteiger partial charge in [-0.15, -0.1) is 11.3 Å². The normalized spacial score (nSPS) is 12.4. The van der Waals surface area contributed by atoms with Crippen LogP contribution in [0.3, 0.4) is 0 Å². The standard InChI is InChI=1S/C14H17ClN2O2S/c15-12-7-6-11(20-12)14(10-4-3-9-19-10)17-8-2-1-5-13(16)18/h3-4,6-7,9,14,17H,1-2,5,8H2,(H2,16,18). The summed E-state index contributed by atoms with van der Waals surface area (Å²) in [4.78, 5) is 11.8. The number of unbranched alkanes of at least 4 members (excludes halogenated alkanes) is 1. The maximum absolute atomic E-state index is 10.7. The number of halogens is 1. The van der Waals surface area contributed by atoms with E-state index in [4.69, 9.17) is 21.8 Å². The number of amides is 1. The molecule has 2 aromatic rings. The Bertz CT molecular complexity index is 539. The minimum absolute atomic E-state index is 0.00363. The third-order valence-electron chi connectivity index (χ3n) is 2.90. The van der Waals surface area contributed by atoms with Crippen molar-refractivity contribution >= 4 is 28.8 Å².